The molecular formula is C7H10N2O. The van der Waals surface area contributed by atoms with Crippen LogP contribution in [0, 0.1) is 0 Å². The second-order valence-corrected chi connectivity index (χ2v) is 2.54. The number of fused-ring (bicyclic) bond motifs is 1. The van der Waals surface area contributed by atoms with E-state index in [2.05, 4.69) is 10.3 Å². The maximum atomic E-state index is 5.16. The largest absolute Gasteiger partial charge is 0.448 e. The number of hydrogen-bond acceptors (Lipinski definition) is 3. The first kappa shape index (κ1) is 5.92. The van der Waals surface area contributed by atoms with E-state index in [4.69, 9.17) is 4.42 Å². The molecule has 1 atom stereocenters. The SMILES string of the molecule is CNC1CCc2ocnc21. The van der Waals surface area contributed by atoms with Gasteiger partial charge in [-0.2, -0.15) is 0 Å². The molecule has 0 fully saturated rings. The summed E-state index contributed by atoms with van der Waals surface area (Å²) >= 11 is 0. The number of nitrogens with one attached hydrogen (secondary N) is 1. The first-order valence-corrected chi connectivity index (χ1v) is 3.51. The number of rotatable bonds is 1. The minimum Gasteiger partial charge on any atom is -0.448 e. The summed E-state index contributed by atoms with van der Waals surface area (Å²) in [7, 11) is 1.95. The number of nitrogens with zero attached hydrogens (tertiary/aromatic N) is 1. The monoisotopic (exact) mass is 138 g/mol. The van der Waals surface area contributed by atoms with Gasteiger partial charge >= 0.3 is 0 Å². The Bertz CT molecular complexity index is 231. The predicted molar refractivity (Wildman–Crippen MR) is 36.6 cm³/mol. The second kappa shape index (κ2) is 2.09. The fourth-order valence-corrected chi connectivity index (χ4v) is 1.44. The average molecular weight is 138 g/mol. The number of aryl methyl sites for hydroxylation is 1. The molecule has 1 aromatic rings. The third kappa shape index (κ3) is 0.671. The van der Waals surface area contributed by atoms with E-state index >= 15 is 0 Å². The molecule has 0 saturated heterocycles. The van der Waals surface area contributed by atoms with Gasteiger partial charge in [0.15, 0.2) is 6.39 Å². The van der Waals surface area contributed by atoms with Crippen molar-refractivity contribution in [1.82, 2.24) is 10.3 Å². The predicted octanol–water partition coefficient (Wildman–Crippen LogP) is 0.881. The molecule has 1 aliphatic carbocycles. The topological polar surface area (TPSA) is 38.1 Å². The molecule has 0 spiro atoms. The lowest BCUT2D eigenvalue weighted by molar-refractivity contribution is 0.499. The Hall–Kier alpha value is -0.830. The minimum atomic E-state index is 0.425. The van der Waals surface area contributed by atoms with Crippen molar-refractivity contribution in [3.05, 3.63) is 17.8 Å². The molecule has 3 heteroatoms. The highest BCUT2D eigenvalue weighted by molar-refractivity contribution is 5.18. The van der Waals surface area contributed by atoms with Crippen LogP contribution in [0.4, 0.5) is 0 Å². The lowest BCUT2D eigenvalue weighted by Gasteiger charge is -2.03. The molecule has 1 heterocycles. The summed E-state index contributed by atoms with van der Waals surface area (Å²) in [4.78, 5) is 4.12. The third-order valence-corrected chi connectivity index (χ3v) is 2.01. The van der Waals surface area contributed by atoms with Crippen LogP contribution in [-0.4, -0.2) is 12.0 Å². The maximum absolute atomic E-state index is 5.16. The van der Waals surface area contributed by atoms with E-state index in [1.807, 2.05) is 7.05 Å². The molecule has 0 bridgehead atoms. The molecule has 10 heavy (non-hydrogen) atoms. The Morgan fingerprint density at radius 2 is 2.70 bits per heavy atom. The molecule has 0 saturated carbocycles. The van der Waals surface area contributed by atoms with Crippen molar-refractivity contribution in [3.63, 3.8) is 0 Å². The zero-order valence-electron chi connectivity index (χ0n) is 5.92. The van der Waals surface area contributed by atoms with Crippen LogP contribution < -0.4 is 5.32 Å². The molecule has 0 aromatic carbocycles. The van der Waals surface area contributed by atoms with E-state index in [1.165, 1.54) is 6.39 Å². The van der Waals surface area contributed by atoms with Gasteiger partial charge < -0.3 is 9.73 Å². The molecule has 0 radical (unpaired) electrons. The summed E-state index contributed by atoms with van der Waals surface area (Å²) in [5, 5.41) is 3.18. The van der Waals surface area contributed by atoms with Gasteiger partial charge in [0, 0.05) is 6.42 Å². The summed E-state index contributed by atoms with van der Waals surface area (Å²) in [5.74, 6) is 1.05. The Morgan fingerprint density at radius 1 is 1.80 bits per heavy atom. The minimum absolute atomic E-state index is 0.425. The normalized spacial score (nSPS) is 23.1. The van der Waals surface area contributed by atoms with E-state index in [0.717, 1.165) is 24.3 Å². The Morgan fingerprint density at radius 3 is 3.50 bits per heavy atom. The molecule has 0 aliphatic heterocycles. The van der Waals surface area contributed by atoms with Crippen molar-refractivity contribution in [2.45, 2.75) is 18.9 Å². The van der Waals surface area contributed by atoms with Crippen LogP contribution in [0.5, 0.6) is 0 Å². The summed E-state index contributed by atoms with van der Waals surface area (Å²) < 4.78 is 5.16. The first-order chi connectivity index (χ1) is 4.92. The van der Waals surface area contributed by atoms with E-state index in [-0.39, 0.29) is 0 Å². The van der Waals surface area contributed by atoms with Crippen LogP contribution in [0.2, 0.25) is 0 Å². The molecule has 1 N–H and O–H groups in total. The van der Waals surface area contributed by atoms with Gasteiger partial charge in [0.25, 0.3) is 0 Å². The van der Waals surface area contributed by atoms with Gasteiger partial charge in [0.05, 0.1) is 11.7 Å². The van der Waals surface area contributed by atoms with Crippen molar-refractivity contribution in [2.24, 2.45) is 0 Å². The molecule has 0 amide bonds. The summed E-state index contributed by atoms with van der Waals surface area (Å²) in [6, 6.07) is 0.425. The van der Waals surface area contributed by atoms with Crippen molar-refractivity contribution < 1.29 is 4.42 Å². The van der Waals surface area contributed by atoms with E-state index in [9.17, 15) is 0 Å². The van der Waals surface area contributed by atoms with Crippen molar-refractivity contribution in [1.29, 1.82) is 0 Å². The maximum Gasteiger partial charge on any atom is 0.181 e. The van der Waals surface area contributed by atoms with Gasteiger partial charge in [-0.25, -0.2) is 4.98 Å². The molecule has 2 rings (SSSR count). The second-order valence-electron chi connectivity index (χ2n) is 2.54. The number of oxazole rings is 1. The van der Waals surface area contributed by atoms with Crippen LogP contribution in [-0.2, 0) is 6.42 Å². The van der Waals surface area contributed by atoms with E-state index in [1.54, 1.807) is 0 Å². The molecule has 3 nitrogen and oxygen atoms in total. The van der Waals surface area contributed by atoms with E-state index < -0.39 is 0 Å². The van der Waals surface area contributed by atoms with E-state index in [0.29, 0.717) is 6.04 Å². The Kier molecular flexibility index (Phi) is 1.24. The highest BCUT2D eigenvalue weighted by atomic mass is 16.3. The number of aromatic nitrogens is 1. The van der Waals surface area contributed by atoms with Crippen LogP contribution in [0.1, 0.15) is 23.9 Å². The van der Waals surface area contributed by atoms with Gasteiger partial charge in [0.2, 0.25) is 0 Å². The van der Waals surface area contributed by atoms with Crippen molar-refractivity contribution in [2.75, 3.05) is 7.05 Å². The van der Waals surface area contributed by atoms with Crippen LogP contribution in [0.15, 0.2) is 10.8 Å². The smallest absolute Gasteiger partial charge is 0.181 e. The Labute approximate surface area is 59.4 Å². The summed E-state index contributed by atoms with van der Waals surface area (Å²) in [6.07, 6.45) is 3.67. The standard InChI is InChI=1S/C7H10N2O/c1-8-5-2-3-6-7(5)9-4-10-6/h4-5,8H,2-3H2,1H3. The van der Waals surface area contributed by atoms with Crippen LogP contribution in [0.3, 0.4) is 0 Å². The third-order valence-electron chi connectivity index (χ3n) is 2.01. The molecule has 54 valence electrons. The van der Waals surface area contributed by atoms with Crippen molar-refractivity contribution in [3.8, 4) is 0 Å². The fourth-order valence-electron chi connectivity index (χ4n) is 1.44. The molecule has 1 aromatic heterocycles. The summed E-state index contributed by atoms with van der Waals surface area (Å²) in [5.41, 5.74) is 1.10. The fraction of sp³-hybridized carbons (Fsp3) is 0.571. The molecule has 1 unspecified atom stereocenters. The van der Waals surface area contributed by atoms with Gasteiger partial charge in [-0.3, -0.25) is 0 Å². The lowest BCUT2D eigenvalue weighted by atomic mass is 10.2. The first-order valence-electron chi connectivity index (χ1n) is 3.51. The molecular weight excluding hydrogens is 128 g/mol. The van der Waals surface area contributed by atoms with Gasteiger partial charge in [-0.1, -0.05) is 0 Å². The highest BCUT2D eigenvalue weighted by Gasteiger charge is 2.24. The molecule has 1 aliphatic rings. The van der Waals surface area contributed by atoms with Crippen LogP contribution >= 0.6 is 0 Å². The zero-order valence-corrected chi connectivity index (χ0v) is 5.92. The highest BCUT2D eigenvalue weighted by Crippen LogP contribution is 2.28. The van der Waals surface area contributed by atoms with Crippen molar-refractivity contribution >= 4 is 0 Å². The average Bonchev–Trinajstić information content (AvgIpc) is 2.44. The van der Waals surface area contributed by atoms with Gasteiger partial charge in [-0.05, 0) is 13.5 Å². The lowest BCUT2D eigenvalue weighted by Crippen LogP contribution is -2.13. The zero-order chi connectivity index (χ0) is 6.97. The Balaban J connectivity index is 2.34. The summed E-state index contributed by atoms with van der Waals surface area (Å²) in [6.45, 7) is 0. The van der Waals surface area contributed by atoms with Gasteiger partial charge in [-0.15, -0.1) is 0 Å². The van der Waals surface area contributed by atoms with Crippen LogP contribution in [0.25, 0.3) is 0 Å². The van der Waals surface area contributed by atoms with Gasteiger partial charge in [0.1, 0.15) is 5.76 Å². The quantitative estimate of drug-likeness (QED) is 0.626. The number of hydrogen-bond donors (Lipinski definition) is 1.